The van der Waals surface area contributed by atoms with Crippen LogP contribution in [0.1, 0.15) is 18.1 Å². The summed E-state index contributed by atoms with van der Waals surface area (Å²) in [6.07, 6.45) is 1.95. The molecule has 1 amide bonds. The van der Waals surface area contributed by atoms with Gasteiger partial charge in [0.15, 0.2) is 0 Å². The van der Waals surface area contributed by atoms with E-state index in [1.165, 1.54) is 11.1 Å². The van der Waals surface area contributed by atoms with Gasteiger partial charge in [0.25, 0.3) is 0 Å². The fourth-order valence-corrected chi connectivity index (χ4v) is 2.43. The Morgan fingerprint density at radius 2 is 1.75 bits per heavy atom. The molecule has 0 saturated heterocycles. The van der Waals surface area contributed by atoms with Gasteiger partial charge in [-0.25, -0.2) is 0 Å². The van der Waals surface area contributed by atoms with Crippen LogP contribution in [0.15, 0.2) is 24.3 Å². The topological polar surface area (TPSA) is 20.3 Å². The summed E-state index contributed by atoms with van der Waals surface area (Å²) in [6.45, 7) is 3.57. The highest BCUT2D eigenvalue weighted by molar-refractivity contribution is 9.10. The lowest BCUT2D eigenvalue weighted by atomic mass is 10.0. The van der Waals surface area contributed by atoms with Gasteiger partial charge in [-0.05, 0) is 30.9 Å². The van der Waals surface area contributed by atoms with Gasteiger partial charge in [0.2, 0.25) is 5.91 Å². The number of benzene rings is 1. The number of halogens is 1. The van der Waals surface area contributed by atoms with Crippen molar-refractivity contribution in [1.82, 2.24) is 4.90 Å². The number of carbonyl (C=O) groups is 1. The molecular formula is C13H16BrNO. The third-order valence-electron chi connectivity index (χ3n) is 3.07. The molecule has 1 heterocycles. The average Bonchev–Trinajstić information content (AvgIpc) is 2.50. The van der Waals surface area contributed by atoms with Crippen molar-refractivity contribution in [2.24, 2.45) is 0 Å². The second kappa shape index (κ2) is 5.00. The van der Waals surface area contributed by atoms with E-state index in [1.54, 1.807) is 0 Å². The first-order chi connectivity index (χ1) is 7.68. The average molecular weight is 282 g/mol. The van der Waals surface area contributed by atoms with E-state index in [0.717, 1.165) is 25.9 Å². The summed E-state index contributed by atoms with van der Waals surface area (Å²) in [5, 5.41) is 0. The summed E-state index contributed by atoms with van der Waals surface area (Å²) in [6, 6.07) is 8.48. The van der Waals surface area contributed by atoms with E-state index in [1.807, 2.05) is 11.8 Å². The van der Waals surface area contributed by atoms with Crippen LogP contribution in [-0.4, -0.2) is 28.7 Å². The number of carbonyl (C=O) groups excluding carboxylic acids is 1. The first-order valence-corrected chi connectivity index (χ1v) is 6.59. The molecule has 3 heteroatoms. The van der Waals surface area contributed by atoms with E-state index < -0.39 is 0 Å². The van der Waals surface area contributed by atoms with Crippen molar-refractivity contribution in [1.29, 1.82) is 0 Å². The minimum absolute atomic E-state index is 0.0753. The smallest absolute Gasteiger partial charge is 0.236 e. The predicted octanol–water partition coefficient (Wildman–Crippen LogP) is 2.40. The van der Waals surface area contributed by atoms with Crippen LogP contribution in [0.3, 0.4) is 0 Å². The fourth-order valence-electron chi connectivity index (χ4n) is 2.14. The molecule has 1 aliphatic heterocycles. The van der Waals surface area contributed by atoms with Crippen molar-refractivity contribution in [2.45, 2.75) is 24.6 Å². The third kappa shape index (κ3) is 2.46. The minimum Gasteiger partial charge on any atom is -0.341 e. The number of hydrogen-bond acceptors (Lipinski definition) is 1. The van der Waals surface area contributed by atoms with Gasteiger partial charge >= 0.3 is 0 Å². The summed E-state index contributed by atoms with van der Waals surface area (Å²) in [4.78, 5) is 13.8. The Bertz CT molecular complexity index is 362. The van der Waals surface area contributed by atoms with E-state index in [2.05, 4.69) is 40.2 Å². The number of rotatable bonds is 1. The molecule has 16 heavy (non-hydrogen) atoms. The summed E-state index contributed by atoms with van der Waals surface area (Å²) in [5.74, 6) is 0.202. The zero-order valence-corrected chi connectivity index (χ0v) is 11.0. The van der Waals surface area contributed by atoms with Crippen molar-refractivity contribution >= 4 is 21.8 Å². The van der Waals surface area contributed by atoms with Gasteiger partial charge in [0.05, 0.1) is 4.83 Å². The first kappa shape index (κ1) is 11.6. The fraction of sp³-hybridized carbons (Fsp3) is 0.462. The maximum atomic E-state index is 11.9. The number of hydrogen-bond donors (Lipinski definition) is 0. The SMILES string of the molecule is CC(Br)C(=O)N1CCc2ccccc2CC1. The van der Waals surface area contributed by atoms with Crippen LogP contribution < -0.4 is 0 Å². The van der Waals surface area contributed by atoms with Crippen molar-refractivity contribution < 1.29 is 4.79 Å². The van der Waals surface area contributed by atoms with E-state index in [-0.39, 0.29) is 10.7 Å². The Morgan fingerprint density at radius 1 is 1.25 bits per heavy atom. The summed E-state index contributed by atoms with van der Waals surface area (Å²) >= 11 is 3.34. The van der Waals surface area contributed by atoms with Crippen LogP contribution in [0, 0.1) is 0 Å². The van der Waals surface area contributed by atoms with Crippen molar-refractivity contribution in [3.05, 3.63) is 35.4 Å². The standard InChI is InChI=1S/C13H16BrNO/c1-10(14)13(16)15-8-6-11-4-2-3-5-12(11)7-9-15/h2-5,10H,6-9H2,1H3. The Balaban J connectivity index is 2.10. The van der Waals surface area contributed by atoms with Crippen molar-refractivity contribution in [3.63, 3.8) is 0 Å². The Morgan fingerprint density at radius 3 is 2.19 bits per heavy atom. The van der Waals surface area contributed by atoms with Crippen LogP contribution in [0.5, 0.6) is 0 Å². The maximum absolute atomic E-state index is 11.9. The van der Waals surface area contributed by atoms with Crippen molar-refractivity contribution in [2.75, 3.05) is 13.1 Å². The number of amides is 1. The van der Waals surface area contributed by atoms with E-state index in [4.69, 9.17) is 0 Å². The zero-order valence-electron chi connectivity index (χ0n) is 9.45. The minimum atomic E-state index is -0.0753. The molecule has 0 fully saturated rings. The van der Waals surface area contributed by atoms with E-state index in [9.17, 15) is 4.79 Å². The first-order valence-electron chi connectivity index (χ1n) is 5.68. The molecule has 1 aliphatic rings. The molecule has 1 atom stereocenters. The molecule has 86 valence electrons. The molecule has 1 aromatic rings. The van der Waals surface area contributed by atoms with Crippen LogP contribution in [0.4, 0.5) is 0 Å². The Labute approximate surface area is 105 Å². The molecule has 0 N–H and O–H groups in total. The molecule has 0 aromatic heterocycles. The number of nitrogens with zero attached hydrogens (tertiary/aromatic N) is 1. The normalized spacial score (nSPS) is 17.5. The zero-order chi connectivity index (χ0) is 11.5. The van der Waals surface area contributed by atoms with Gasteiger partial charge in [-0.2, -0.15) is 0 Å². The van der Waals surface area contributed by atoms with Gasteiger partial charge in [-0.3, -0.25) is 4.79 Å². The van der Waals surface area contributed by atoms with Gasteiger partial charge in [0.1, 0.15) is 0 Å². The molecule has 1 aromatic carbocycles. The maximum Gasteiger partial charge on any atom is 0.236 e. The highest BCUT2D eigenvalue weighted by atomic mass is 79.9. The second-order valence-electron chi connectivity index (χ2n) is 4.21. The van der Waals surface area contributed by atoms with Crippen LogP contribution in [0.25, 0.3) is 0 Å². The number of fused-ring (bicyclic) bond motifs is 1. The molecular weight excluding hydrogens is 266 g/mol. The monoisotopic (exact) mass is 281 g/mol. The molecule has 0 saturated carbocycles. The predicted molar refractivity (Wildman–Crippen MR) is 68.8 cm³/mol. The quantitative estimate of drug-likeness (QED) is 0.724. The summed E-state index contributed by atoms with van der Waals surface area (Å²) < 4.78 is 0. The molecule has 1 unspecified atom stereocenters. The second-order valence-corrected chi connectivity index (χ2v) is 5.58. The van der Waals surface area contributed by atoms with Gasteiger partial charge in [-0.15, -0.1) is 0 Å². The molecule has 0 radical (unpaired) electrons. The Hall–Kier alpha value is -0.830. The summed E-state index contributed by atoms with van der Waals surface area (Å²) in [7, 11) is 0. The lowest BCUT2D eigenvalue weighted by molar-refractivity contribution is -0.130. The molecule has 2 nitrogen and oxygen atoms in total. The molecule has 0 bridgehead atoms. The van der Waals surface area contributed by atoms with Gasteiger partial charge in [-0.1, -0.05) is 40.2 Å². The van der Waals surface area contributed by atoms with E-state index in [0.29, 0.717) is 0 Å². The van der Waals surface area contributed by atoms with Gasteiger partial charge < -0.3 is 4.90 Å². The Kier molecular flexibility index (Phi) is 3.64. The largest absolute Gasteiger partial charge is 0.341 e. The number of alkyl halides is 1. The lowest BCUT2D eigenvalue weighted by Crippen LogP contribution is -2.37. The summed E-state index contributed by atoms with van der Waals surface area (Å²) in [5.41, 5.74) is 2.78. The van der Waals surface area contributed by atoms with Gasteiger partial charge in [0, 0.05) is 13.1 Å². The highest BCUT2D eigenvalue weighted by Crippen LogP contribution is 2.16. The van der Waals surface area contributed by atoms with Crippen LogP contribution in [0.2, 0.25) is 0 Å². The molecule has 2 rings (SSSR count). The van der Waals surface area contributed by atoms with Crippen LogP contribution in [-0.2, 0) is 17.6 Å². The highest BCUT2D eigenvalue weighted by Gasteiger charge is 2.20. The molecule has 0 spiro atoms. The molecule has 0 aliphatic carbocycles. The third-order valence-corrected chi connectivity index (χ3v) is 3.46. The van der Waals surface area contributed by atoms with E-state index >= 15 is 0 Å². The lowest BCUT2D eigenvalue weighted by Gasteiger charge is -2.21. The van der Waals surface area contributed by atoms with Crippen molar-refractivity contribution in [3.8, 4) is 0 Å². The van der Waals surface area contributed by atoms with Crippen LogP contribution >= 0.6 is 15.9 Å².